The van der Waals surface area contributed by atoms with E-state index in [1.807, 2.05) is 32.9 Å². The third-order valence-electron chi connectivity index (χ3n) is 2.44. The van der Waals surface area contributed by atoms with Crippen LogP contribution in [0.5, 0.6) is 0 Å². The molecular weight excluding hydrogens is 307 g/mol. The molecule has 1 aromatic carbocycles. The molecule has 22 heavy (non-hydrogen) atoms. The summed E-state index contributed by atoms with van der Waals surface area (Å²) in [7, 11) is 0. The Bertz CT molecular complexity index is 507. The zero-order valence-electron chi connectivity index (χ0n) is 13.1. The summed E-state index contributed by atoms with van der Waals surface area (Å²) in [5.41, 5.74) is 0.284. The molecule has 0 saturated carbocycles. The third-order valence-corrected chi connectivity index (χ3v) is 2.66. The summed E-state index contributed by atoms with van der Waals surface area (Å²) in [5.74, 6) is -0.346. The van der Waals surface area contributed by atoms with Crippen LogP contribution in [0.2, 0.25) is 5.02 Å². The molecule has 0 atom stereocenters. The van der Waals surface area contributed by atoms with Gasteiger partial charge in [-0.25, -0.2) is 9.18 Å². The van der Waals surface area contributed by atoms with Crippen molar-refractivity contribution < 1.29 is 13.9 Å². The van der Waals surface area contributed by atoms with Gasteiger partial charge in [0.1, 0.15) is 11.4 Å². The van der Waals surface area contributed by atoms with E-state index >= 15 is 0 Å². The van der Waals surface area contributed by atoms with Gasteiger partial charge >= 0.3 is 6.09 Å². The molecule has 0 spiro atoms. The molecular formula is C16H22ClFN2O2. The first-order valence-electron chi connectivity index (χ1n) is 7.04. The highest BCUT2D eigenvalue weighted by molar-refractivity contribution is 6.30. The van der Waals surface area contributed by atoms with Gasteiger partial charge in [0.25, 0.3) is 0 Å². The lowest BCUT2D eigenvalue weighted by molar-refractivity contribution is 0.0534. The van der Waals surface area contributed by atoms with Gasteiger partial charge in [-0.15, -0.1) is 0 Å². The minimum atomic E-state index is -0.498. The van der Waals surface area contributed by atoms with E-state index in [1.165, 1.54) is 12.1 Å². The molecule has 0 heterocycles. The fourth-order valence-corrected chi connectivity index (χ4v) is 1.88. The molecule has 1 amide bonds. The van der Waals surface area contributed by atoms with Crippen molar-refractivity contribution in [2.45, 2.75) is 32.9 Å². The summed E-state index contributed by atoms with van der Waals surface area (Å²) >= 11 is 5.77. The Kier molecular flexibility index (Phi) is 7.35. The van der Waals surface area contributed by atoms with Crippen LogP contribution < -0.4 is 10.6 Å². The minimum Gasteiger partial charge on any atom is -0.444 e. The standard InChI is InChI=1S/C16H22ClFN2O2/c1-16(2,3)22-15(21)20-7-5-4-6-19-11-12-8-13(17)10-14(18)9-12/h4-5,8-10,19H,6-7,11H2,1-3H3,(H,20,21)/b5-4+. The van der Waals surface area contributed by atoms with Crippen LogP contribution in [0.1, 0.15) is 26.3 Å². The summed E-state index contributed by atoms with van der Waals surface area (Å²) in [4.78, 5) is 11.4. The SMILES string of the molecule is CC(C)(C)OC(=O)NC/C=C/CNCc1cc(F)cc(Cl)c1. The van der Waals surface area contributed by atoms with Crippen molar-refractivity contribution >= 4 is 17.7 Å². The quantitative estimate of drug-likeness (QED) is 0.619. The molecule has 4 nitrogen and oxygen atoms in total. The lowest BCUT2D eigenvalue weighted by atomic mass is 10.2. The molecule has 0 aliphatic heterocycles. The average Bonchev–Trinajstić information content (AvgIpc) is 2.34. The fourth-order valence-electron chi connectivity index (χ4n) is 1.64. The van der Waals surface area contributed by atoms with E-state index in [9.17, 15) is 9.18 Å². The van der Waals surface area contributed by atoms with Gasteiger partial charge in [0, 0.05) is 24.7 Å². The molecule has 0 aromatic heterocycles. The van der Waals surface area contributed by atoms with E-state index < -0.39 is 11.7 Å². The highest BCUT2D eigenvalue weighted by Crippen LogP contribution is 2.13. The monoisotopic (exact) mass is 328 g/mol. The molecule has 0 bridgehead atoms. The van der Waals surface area contributed by atoms with Crippen molar-refractivity contribution in [1.29, 1.82) is 0 Å². The molecule has 2 N–H and O–H groups in total. The van der Waals surface area contributed by atoms with Gasteiger partial charge < -0.3 is 15.4 Å². The fraction of sp³-hybridized carbons (Fsp3) is 0.438. The van der Waals surface area contributed by atoms with Crippen molar-refractivity contribution in [2.24, 2.45) is 0 Å². The predicted molar refractivity (Wildman–Crippen MR) is 86.5 cm³/mol. The number of halogens is 2. The number of hydrogen-bond donors (Lipinski definition) is 2. The number of carbonyl (C=O) groups is 1. The third kappa shape index (κ3) is 8.64. The topological polar surface area (TPSA) is 50.4 Å². The molecule has 1 aromatic rings. The van der Waals surface area contributed by atoms with Crippen LogP contribution in [0.25, 0.3) is 0 Å². The summed E-state index contributed by atoms with van der Waals surface area (Å²) in [6.45, 7) is 6.94. The molecule has 0 saturated heterocycles. The molecule has 0 fully saturated rings. The smallest absolute Gasteiger partial charge is 0.407 e. The highest BCUT2D eigenvalue weighted by atomic mass is 35.5. The Morgan fingerprint density at radius 1 is 1.27 bits per heavy atom. The van der Waals surface area contributed by atoms with Gasteiger partial charge in [-0.2, -0.15) is 0 Å². The number of carbonyl (C=O) groups excluding carboxylic acids is 1. The number of amides is 1. The van der Waals surface area contributed by atoms with Crippen molar-refractivity contribution in [3.05, 3.63) is 46.8 Å². The summed E-state index contributed by atoms with van der Waals surface area (Å²) in [5, 5.41) is 6.13. The highest BCUT2D eigenvalue weighted by Gasteiger charge is 2.14. The zero-order valence-corrected chi connectivity index (χ0v) is 13.8. The van der Waals surface area contributed by atoms with E-state index in [4.69, 9.17) is 16.3 Å². The Labute approximate surface area is 135 Å². The van der Waals surface area contributed by atoms with E-state index in [-0.39, 0.29) is 5.82 Å². The Balaban J connectivity index is 2.18. The van der Waals surface area contributed by atoms with E-state index in [2.05, 4.69) is 10.6 Å². The van der Waals surface area contributed by atoms with Crippen LogP contribution in [-0.4, -0.2) is 24.8 Å². The van der Waals surface area contributed by atoms with Gasteiger partial charge in [0.2, 0.25) is 0 Å². The van der Waals surface area contributed by atoms with Crippen molar-refractivity contribution in [1.82, 2.24) is 10.6 Å². The first-order chi connectivity index (χ1) is 10.3. The number of benzene rings is 1. The van der Waals surface area contributed by atoms with Crippen LogP contribution in [0.4, 0.5) is 9.18 Å². The molecule has 0 aliphatic rings. The normalized spacial score (nSPS) is 11.7. The summed E-state index contributed by atoms with van der Waals surface area (Å²) < 4.78 is 18.2. The van der Waals surface area contributed by atoms with Crippen LogP contribution in [0.15, 0.2) is 30.4 Å². The first kappa shape index (κ1) is 18.5. The molecule has 1 rings (SSSR count). The summed E-state index contributed by atoms with van der Waals surface area (Å²) in [6, 6.07) is 4.42. The predicted octanol–water partition coefficient (Wildman–Crippen LogP) is 3.65. The van der Waals surface area contributed by atoms with Gasteiger partial charge in [-0.3, -0.25) is 0 Å². The van der Waals surface area contributed by atoms with Gasteiger partial charge in [-0.1, -0.05) is 23.8 Å². The van der Waals surface area contributed by atoms with Gasteiger partial charge in [-0.05, 0) is 44.5 Å². The number of hydrogen-bond acceptors (Lipinski definition) is 3. The Morgan fingerprint density at radius 3 is 2.59 bits per heavy atom. The zero-order chi connectivity index (χ0) is 16.6. The maximum Gasteiger partial charge on any atom is 0.407 e. The first-order valence-corrected chi connectivity index (χ1v) is 7.41. The second kappa shape index (κ2) is 8.76. The summed E-state index contributed by atoms with van der Waals surface area (Å²) in [6.07, 6.45) is 3.24. The van der Waals surface area contributed by atoms with E-state index in [1.54, 1.807) is 6.07 Å². The van der Waals surface area contributed by atoms with Crippen LogP contribution in [0, 0.1) is 5.82 Å². The number of rotatable bonds is 6. The molecule has 6 heteroatoms. The molecule has 0 radical (unpaired) electrons. The van der Waals surface area contributed by atoms with E-state index in [0.717, 1.165) is 5.56 Å². The Morgan fingerprint density at radius 2 is 1.95 bits per heavy atom. The Hall–Kier alpha value is -1.59. The molecule has 0 aliphatic carbocycles. The van der Waals surface area contributed by atoms with Crippen molar-refractivity contribution in [3.8, 4) is 0 Å². The maximum absolute atomic E-state index is 13.1. The lowest BCUT2D eigenvalue weighted by Gasteiger charge is -2.19. The molecule has 0 unspecified atom stereocenters. The number of alkyl carbamates (subject to hydrolysis) is 1. The van der Waals surface area contributed by atoms with Crippen LogP contribution >= 0.6 is 11.6 Å². The van der Waals surface area contributed by atoms with Gasteiger partial charge in [0.05, 0.1) is 0 Å². The van der Waals surface area contributed by atoms with Crippen LogP contribution in [-0.2, 0) is 11.3 Å². The van der Waals surface area contributed by atoms with Gasteiger partial charge in [0.15, 0.2) is 0 Å². The number of nitrogens with one attached hydrogen (secondary N) is 2. The van der Waals surface area contributed by atoms with Crippen molar-refractivity contribution in [3.63, 3.8) is 0 Å². The number of ether oxygens (including phenoxy) is 1. The second-order valence-corrected chi connectivity index (χ2v) is 6.20. The minimum absolute atomic E-state index is 0.346. The van der Waals surface area contributed by atoms with Crippen molar-refractivity contribution in [2.75, 3.05) is 13.1 Å². The molecule has 122 valence electrons. The average molecular weight is 329 g/mol. The van der Waals surface area contributed by atoms with E-state index in [0.29, 0.717) is 24.7 Å². The second-order valence-electron chi connectivity index (χ2n) is 5.76. The lowest BCUT2D eigenvalue weighted by Crippen LogP contribution is -2.32. The van der Waals surface area contributed by atoms with Crippen LogP contribution in [0.3, 0.4) is 0 Å². The maximum atomic E-state index is 13.1. The largest absolute Gasteiger partial charge is 0.444 e.